The molecule has 0 aliphatic rings. The lowest BCUT2D eigenvalue weighted by Gasteiger charge is -2.08. The van der Waals surface area contributed by atoms with Crippen molar-refractivity contribution < 1.29 is 17.9 Å². The van der Waals surface area contributed by atoms with Crippen LogP contribution in [0.2, 0.25) is 0 Å². The van der Waals surface area contributed by atoms with Gasteiger partial charge in [-0.15, -0.1) is 0 Å². The molecular weight excluding hydrogens is 231 g/mol. The van der Waals surface area contributed by atoms with E-state index >= 15 is 0 Å². The number of nitrogen functional groups attached to an aromatic ring is 1. The molecule has 0 spiro atoms. The summed E-state index contributed by atoms with van der Waals surface area (Å²) in [4.78, 5) is 0. The zero-order valence-corrected chi connectivity index (χ0v) is 8.71. The largest absolute Gasteiger partial charge is 0.490 e. The topological polar surface area (TPSA) is 60.2 Å². The van der Waals surface area contributed by atoms with Gasteiger partial charge in [0.25, 0.3) is 0 Å². The standard InChI is InChI=1S/C7H10F3N3OS/c1-14-4-5(11)13-15-6(4)12-3-2-7(8,9)10/h12H,2-3H2,1H3,(H2,11,13). The average molecular weight is 241 g/mol. The summed E-state index contributed by atoms with van der Waals surface area (Å²) in [5.41, 5.74) is 5.42. The fraction of sp³-hybridized carbons (Fsp3) is 0.571. The summed E-state index contributed by atoms with van der Waals surface area (Å²) in [7, 11) is 1.38. The molecule has 1 rings (SSSR count). The highest BCUT2D eigenvalue weighted by Crippen LogP contribution is 2.34. The van der Waals surface area contributed by atoms with E-state index in [9.17, 15) is 13.2 Å². The Morgan fingerprint density at radius 3 is 2.73 bits per heavy atom. The molecule has 0 aliphatic carbocycles. The van der Waals surface area contributed by atoms with E-state index < -0.39 is 12.6 Å². The van der Waals surface area contributed by atoms with Crippen LogP contribution in [0.1, 0.15) is 6.42 Å². The van der Waals surface area contributed by atoms with Crippen LogP contribution in [0.4, 0.5) is 24.0 Å². The highest BCUT2D eigenvalue weighted by atomic mass is 32.1. The van der Waals surface area contributed by atoms with E-state index in [1.807, 2.05) is 0 Å². The number of halogens is 3. The summed E-state index contributed by atoms with van der Waals surface area (Å²) in [6.07, 6.45) is -5.08. The minimum atomic E-state index is -4.17. The molecule has 8 heteroatoms. The number of anilines is 2. The van der Waals surface area contributed by atoms with Gasteiger partial charge in [0.05, 0.1) is 13.5 Å². The normalized spacial score (nSPS) is 11.5. The molecule has 0 unspecified atom stereocenters. The predicted octanol–water partition coefficient (Wildman–Crippen LogP) is 2.10. The minimum Gasteiger partial charge on any atom is -0.490 e. The minimum absolute atomic E-state index is 0.178. The Labute approximate surface area is 88.4 Å². The van der Waals surface area contributed by atoms with Crippen LogP contribution in [0.3, 0.4) is 0 Å². The highest BCUT2D eigenvalue weighted by molar-refractivity contribution is 7.11. The molecule has 0 aliphatic heterocycles. The number of nitrogens with one attached hydrogen (secondary N) is 1. The summed E-state index contributed by atoms with van der Waals surface area (Å²) in [5, 5.41) is 2.99. The molecule has 4 nitrogen and oxygen atoms in total. The van der Waals surface area contributed by atoms with E-state index in [2.05, 4.69) is 9.69 Å². The molecule has 0 saturated carbocycles. The molecule has 1 aromatic heterocycles. The van der Waals surface area contributed by atoms with E-state index in [0.29, 0.717) is 10.8 Å². The molecule has 1 heterocycles. The lowest BCUT2D eigenvalue weighted by atomic mass is 10.4. The molecule has 0 bridgehead atoms. The smallest absolute Gasteiger partial charge is 0.390 e. The zero-order chi connectivity index (χ0) is 11.5. The van der Waals surface area contributed by atoms with Crippen molar-refractivity contribution in [3.63, 3.8) is 0 Å². The number of alkyl halides is 3. The molecule has 0 aromatic carbocycles. The number of aromatic nitrogens is 1. The number of hydrogen-bond donors (Lipinski definition) is 2. The molecule has 0 saturated heterocycles. The van der Waals surface area contributed by atoms with E-state index in [0.717, 1.165) is 11.5 Å². The molecule has 86 valence electrons. The number of methoxy groups -OCH3 is 1. The first kappa shape index (κ1) is 11.9. The van der Waals surface area contributed by atoms with Gasteiger partial charge in [0, 0.05) is 6.54 Å². The van der Waals surface area contributed by atoms with Crippen molar-refractivity contribution in [2.75, 3.05) is 24.7 Å². The Balaban J connectivity index is 2.51. The van der Waals surface area contributed by atoms with E-state index in [-0.39, 0.29) is 12.4 Å². The lowest BCUT2D eigenvalue weighted by molar-refractivity contribution is -0.131. The second-order valence-electron chi connectivity index (χ2n) is 2.72. The number of nitrogens with two attached hydrogens (primary N) is 1. The van der Waals surface area contributed by atoms with Gasteiger partial charge in [-0.3, -0.25) is 0 Å². The van der Waals surface area contributed by atoms with Crippen molar-refractivity contribution in [1.82, 2.24) is 4.37 Å². The summed E-state index contributed by atoms with van der Waals surface area (Å²) in [6.45, 7) is -0.221. The molecule has 0 fully saturated rings. The van der Waals surface area contributed by atoms with Crippen molar-refractivity contribution in [3.05, 3.63) is 0 Å². The van der Waals surface area contributed by atoms with Crippen molar-refractivity contribution in [3.8, 4) is 5.75 Å². The number of hydrogen-bond acceptors (Lipinski definition) is 5. The van der Waals surface area contributed by atoms with E-state index in [1.165, 1.54) is 7.11 Å². The molecule has 15 heavy (non-hydrogen) atoms. The van der Waals surface area contributed by atoms with Gasteiger partial charge in [-0.2, -0.15) is 17.5 Å². The Morgan fingerprint density at radius 1 is 1.53 bits per heavy atom. The van der Waals surface area contributed by atoms with Gasteiger partial charge in [0.15, 0.2) is 16.6 Å². The number of nitrogens with zero attached hydrogens (tertiary/aromatic N) is 1. The fourth-order valence-corrected chi connectivity index (χ4v) is 1.63. The molecule has 3 N–H and O–H groups in total. The fourth-order valence-electron chi connectivity index (χ4n) is 0.922. The van der Waals surface area contributed by atoms with Gasteiger partial charge in [0.1, 0.15) is 0 Å². The highest BCUT2D eigenvalue weighted by Gasteiger charge is 2.26. The lowest BCUT2D eigenvalue weighted by Crippen LogP contribution is -2.14. The summed E-state index contributed by atoms with van der Waals surface area (Å²) in [5.74, 6) is 0.471. The summed E-state index contributed by atoms with van der Waals surface area (Å²) < 4.78 is 44.1. The van der Waals surface area contributed by atoms with Crippen LogP contribution in [0.25, 0.3) is 0 Å². The number of ether oxygens (including phenoxy) is 1. The van der Waals surface area contributed by atoms with Crippen molar-refractivity contribution in [2.45, 2.75) is 12.6 Å². The second kappa shape index (κ2) is 4.56. The molecule has 0 atom stereocenters. The Hall–Kier alpha value is -1.18. The van der Waals surface area contributed by atoms with Crippen LogP contribution in [0.5, 0.6) is 5.75 Å². The van der Waals surface area contributed by atoms with Crippen molar-refractivity contribution >= 4 is 22.4 Å². The van der Waals surface area contributed by atoms with Crippen LogP contribution >= 0.6 is 11.5 Å². The molecule has 0 amide bonds. The third-order valence-corrected chi connectivity index (χ3v) is 2.37. The van der Waals surface area contributed by atoms with Gasteiger partial charge >= 0.3 is 6.18 Å². The zero-order valence-electron chi connectivity index (χ0n) is 7.89. The predicted molar refractivity (Wildman–Crippen MR) is 52.2 cm³/mol. The third kappa shape index (κ3) is 3.46. The van der Waals surface area contributed by atoms with Gasteiger partial charge in [-0.05, 0) is 11.5 Å². The van der Waals surface area contributed by atoms with E-state index in [1.54, 1.807) is 0 Å². The Bertz CT molecular complexity index is 326. The summed E-state index contributed by atoms with van der Waals surface area (Å²) in [6, 6.07) is 0. The van der Waals surface area contributed by atoms with Crippen molar-refractivity contribution in [2.24, 2.45) is 0 Å². The second-order valence-corrected chi connectivity index (χ2v) is 3.50. The van der Waals surface area contributed by atoms with Gasteiger partial charge < -0.3 is 15.8 Å². The van der Waals surface area contributed by atoms with Gasteiger partial charge in [0.2, 0.25) is 0 Å². The van der Waals surface area contributed by atoms with Gasteiger partial charge in [-0.1, -0.05) is 0 Å². The van der Waals surface area contributed by atoms with Crippen LogP contribution in [0.15, 0.2) is 0 Å². The summed E-state index contributed by atoms with van der Waals surface area (Å²) >= 11 is 0.973. The van der Waals surface area contributed by atoms with Crippen molar-refractivity contribution in [1.29, 1.82) is 0 Å². The maximum atomic E-state index is 11.8. The monoisotopic (exact) mass is 241 g/mol. The average Bonchev–Trinajstić information content (AvgIpc) is 2.44. The SMILES string of the molecule is COc1c(N)nsc1NCCC(F)(F)F. The first-order chi connectivity index (χ1) is 6.94. The molecule has 0 radical (unpaired) electrons. The molecular formula is C7H10F3N3OS. The first-order valence-corrected chi connectivity index (χ1v) is 4.81. The van der Waals surface area contributed by atoms with Crippen LogP contribution in [-0.2, 0) is 0 Å². The Morgan fingerprint density at radius 2 is 2.20 bits per heavy atom. The third-order valence-electron chi connectivity index (χ3n) is 1.57. The van der Waals surface area contributed by atoms with Crippen LogP contribution in [0, 0.1) is 0 Å². The van der Waals surface area contributed by atoms with Gasteiger partial charge in [-0.25, -0.2) is 0 Å². The number of rotatable bonds is 4. The Kier molecular flexibility index (Phi) is 3.61. The maximum Gasteiger partial charge on any atom is 0.390 e. The quantitative estimate of drug-likeness (QED) is 0.847. The van der Waals surface area contributed by atoms with E-state index in [4.69, 9.17) is 10.5 Å². The first-order valence-electron chi connectivity index (χ1n) is 4.04. The maximum absolute atomic E-state index is 11.8. The molecule has 1 aromatic rings. The van der Waals surface area contributed by atoms with Crippen LogP contribution in [-0.4, -0.2) is 24.2 Å². The van der Waals surface area contributed by atoms with Crippen LogP contribution < -0.4 is 15.8 Å².